The van der Waals surface area contributed by atoms with Gasteiger partial charge in [0.1, 0.15) is 5.78 Å². The fourth-order valence-electron chi connectivity index (χ4n) is 0.389. The summed E-state index contributed by atoms with van der Waals surface area (Å²) < 4.78 is 4.15. The molecule has 0 bridgehead atoms. The number of rotatable bonds is 2. The van der Waals surface area contributed by atoms with Gasteiger partial charge in [0.15, 0.2) is 0 Å². The van der Waals surface area contributed by atoms with Gasteiger partial charge in [0, 0.05) is 12.8 Å². The second-order valence-electron chi connectivity index (χ2n) is 1.94. The smallest absolute Gasteiger partial charge is 0.293 e. The van der Waals surface area contributed by atoms with Crippen LogP contribution in [0.1, 0.15) is 26.2 Å². The van der Waals surface area contributed by atoms with Crippen LogP contribution < -0.4 is 0 Å². The normalized spacial score (nSPS) is 14.3. The van der Waals surface area contributed by atoms with Gasteiger partial charge in [-0.05, 0) is 13.3 Å². The Kier molecular flexibility index (Phi) is 5.72. The van der Waals surface area contributed by atoms with Gasteiger partial charge in [-0.15, -0.1) is 0 Å². The summed E-state index contributed by atoms with van der Waals surface area (Å²) in [5.41, 5.74) is 0. The molecule has 58 valence electrons. The molecule has 1 rings (SSSR count). The van der Waals surface area contributed by atoms with Gasteiger partial charge in [-0.1, -0.05) is 0 Å². The van der Waals surface area contributed by atoms with Gasteiger partial charge < -0.3 is 4.74 Å². The summed E-state index contributed by atoms with van der Waals surface area (Å²) in [5.74, 6) is 0.435. The topological polar surface area (TPSA) is 43.4 Å². The minimum Gasteiger partial charge on any atom is -0.468 e. The lowest BCUT2D eigenvalue weighted by Gasteiger charge is -2.05. The van der Waals surface area contributed by atoms with Crippen LogP contribution in [0.25, 0.3) is 0 Å². The summed E-state index contributed by atoms with van der Waals surface area (Å²) in [6.07, 6.45) is 2.83. The van der Waals surface area contributed by atoms with Crippen LogP contribution in [-0.4, -0.2) is 18.9 Å². The highest BCUT2D eigenvalue weighted by molar-refractivity contribution is 5.83. The maximum Gasteiger partial charge on any atom is 0.293 e. The lowest BCUT2D eigenvalue weighted by atomic mass is 9.99. The fraction of sp³-hybridized carbons (Fsp3) is 0.714. The molecule has 1 fully saturated rings. The molecule has 0 aromatic rings. The molecule has 0 heterocycles. The first-order chi connectivity index (χ1) is 4.81. The Labute approximate surface area is 60.4 Å². The van der Waals surface area contributed by atoms with Crippen molar-refractivity contribution in [2.45, 2.75) is 26.2 Å². The average Bonchev–Trinajstić information content (AvgIpc) is 1.87. The Morgan fingerprint density at radius 2 is 2.10 bits per heavy atom. The zero-order chi connectivity index (χ0) is 7.82. The summed E-state index contributed by atoms with van der Waals surface area (Å²) in [5, 5.41) is 0. The van der Waals surface area contributed by atoms with E-state index < -0.39 is 0 Å². The molecular formula is C7H12O3. The number of hydrogen-bond acceptors (Lipinski definition) is 3. The van der Waals surface area contributed by atoms with E-state index in [1.807, 2.05) is 0 Å². The number of Topliss-reactive ketones (excluding diaryl/α,β-unsaturated/α-hetero) is 1. The monoisotopic (exact) mass is 144 g/mol. The van der Waals surface area contributed by atoms with Crippen LogP contribution in [0.2, 0.25) is 0 Å². The fourth-order valence-corrected chi connectivity index (χ4v) is 0.389. The first-order valence-electron chi connectivity index (χ1n) is 3.38. The van der Waals surface area contributed by atoms with Gasteiger partial charge in [0.05, 0.1) is 6.61 Å². The van der Waals surface area contributed by atoms with Gasteiger partial charge in [-0.3, -0.25) is 9.59 Å². The molecule has 0 aromatic heterocycles. The Balaban J connectivity index is 0.000000162. The van der Waals surface area contributed by atoms with Crippen molar-refractivity contribution < 1.29 is 14.3 Å². The lowest BCUT2D eigenvalue weighted by molar-refractivity contribution is -0.128. The number of hydrogen-bond donors (Lipinski definition) is 0. The molecule has 0 aromatic carbocycles. The van der Waals surface area contributed by atoms with Gasteiger partial charge in [-0.25, -0.2) is 0 Å². The maximum absolute atomic E-state index is 9.90. The number of ether oxygens (including phenoxy) is 1. The number of ketones is 1. The van der Waals surface area contributed by atoms with Gasteiger partial charge in [-0.2, -0.15) is 0 Å². The third-order valence-corrected chi connectivity index (χ3v) is 1.15. The van der Waals surface area contributed by atoms with E-state index in [2.05, 4.69) is 4.74 Å². The molecule has 3 nitrogen and oxygen atoms in total. The predicted molar refractivity (Wildman–Crippen MR) is 36.5 cm³/mol. The van der Waals surface area contributed by atoms with Crippen LogP contribution in [0.15, 0.2) is 0 Å². The third-order valence-electron chi connectivity index (χ3n) is 1.15. The van der Waals surface area contributed by atoms with Gasteiger partial charge >= 0.3 is 0 Å². The van der Waals surface area contributed by atoms with Crippen LogP contribution >= 0.6 is 0 Å². The zero-order valence-corrected chi connectivity index (χ0v) is 6.13. The van der Waals surface area contributed by atoms with Crippen molar-refractivity contribution in [2.75, 3.05) is 6.61 Å². The van der Waals surface area contributed by atoms with Crippen molar-refractivity contribution in [3.8, 4) is 0 Å². The molecule has 1 saturated carbocycles. The second-order valence-corrected chi connectivity index (χ2v) is 1.94. The standard InChI is InChI=1S/C4H6O.C3H6O2/c5-4-2-1-3-4;1-2-5-3-4/h1-3H2;3H,2H2,1H3. The van der Waals surface area contributed by atoms with E-state index in [9.17, 15) is 9.59 Å². The Bertz CT molecular complexity index is 103. The summed E-state index contributed by atoms with van der Waals surface area (Å²) in [7, 11) is 0. The van der Waals surface area contributed by atoms with Crippen molar-refractivity contribution in [1.29, 1.82) is 0 Å². The number of carbonyl (C=O) groups excluding carboxylic acids is 2. The van der Waals surface area contributed by atoms with Crippen LogP contribution in [-0.2, 0) is 14.3 Å². The highest BCUT2D eigenvalue weighted by atomic mass is 16.5. The molecule has 0 spiro atoms. The largest absolute Gasteiger partial charge is 0.468 e. The minimum atomic E-state index is 0.431. The minimum absolute atomic E-state index is 0.431. The molecule has 1 aliphatic rings. The highest BCUT2D eigenvalue weighted by Gasteiger charge is 2.09. The molecule has 10 heavy (non-hydrogen) atoms. The molecule has 0 N–H and O–H groups in total. The van der Waals surface area contributed by atoms with E-state index in [0.717, 1.165) is 19.3 Å². The van der Waals surface area contributed by atoms with E-state index in [-0.39, 0.29) is 0 Å². The van der Waals surface area contributed by atoms with E-state index in [1.165, 1.54) is 0 Å². The molecular weight excluding hydrogens is 132 g/mol. The van der Waals surface area contributed by atoms with E-state index in [0.29, 0.717) is 18.9 Å². The Morgan fingerprint density at radius 1 is 1.60 bits per heavy atom. The molecule has 0 saturated heterocycles. The zero-order valence-electron chi connectivity index (χ0n) is 6.13. The van der Waals surface area contributed by atoms with Crippen molar-refractivity contribution in [3.05, 3.63) is 0 Å². The number of carbonyl (C=O) groups is 2. The van der Waals surface area contributed by atoms with Crippen molar-refractivity contribution in [3.63, 3.8) is 0 Å². The van der Waals surface area contributed by atoms with Crippen LogP contribution in [0.5, 0.6) is 0 Å². The van der Waals surface area contributed by atoms with E-state index >= 15 is 0 Å². The van der Waals surface area contributed by atoms with Crippen molar-refractivity contribution >= 4 is 12.3 Å². The van der Waals surface area contributed by atoms with Crippen LogP contribution in [0, 0.1) is 0 Å². The highest BCUT2D eigenvalue weighted by Crippen LogP contribution is 2.10. The third kappa shape index (κ3) is 5.28. The predicted octanol–water partition coefficient (Wildman–Crippen LogP) is 0.919. The quantitative estimate of drug-likeness (QED) is 0.541. The van der Waals surface area contributed by atoms with Gasteiger partial charge in [0.2, 0.25) is 0 Å². The van der Waals surface area contributed by atoms with E-state index in [4.69, 9.17) is 0 Å². The van der Waals surface area contributed by atoms with Crippen molar-refractivity contribution in [2.24, 2.45) is 0 Å². The SMILES string of the molecule is CCOC=O.O=C1CCC1. The Morgan fingerprint density at radius 3 is 2.10 bits per heavy atom. The summed E-state index contributed by atoms with van der Waals surface area (Å²) >= 11 is 0. The first kappa shape index (κ1) is 9.14. The average molecular weight is 144 g/mol. The second kappa shape index (κ2) is 6.26. The molecule has 0 amide bonds. The maximum atomic E-state index is 9.90. The molecule has 1 aliphatic carbocycles. The molecule has 0 unspecified atom stereocenters. The van der Waals surface area contributed by atoms with Crippen LogP contribution in [0.3, 0.4) is 0 Å². The first-order valence-corrected chi connectivity index (χ1v) is 3.38. The molecule has 0 radical (unpaired) electrons. The molecule has 0 atom stereocenters. The summed E-state index contributed by atoms with van der Waals surface area (Å²) in [6.45, 7) is 2.66. The summed E-state index contributed by atoms with van der Waals surface area (Å²) in [4.78, 5) is 19.1. The molecule has 0 aliphatic heterocycles. The van der Waals surface area contributed by atoms with Crippen LogP contribution in [0.4, 0.5) is 0 Å². The summed E-state index contributed by atoms with van der Waals surface area (Å²) in [6, 6.07) is 0. The van der Waals surface area contributed by atoms with Crippen molar-refractivity contribution in [1.82, 2.24) is 0 Å². The van der Waals surface area contributed by atoms with Gasteiger partial charge in [0.25, 0.3) is 6.47 Å². The lowest BCUT2D eigenvalue weighted by Crippen LogP contribution is -2.07. The Hall–Kier alpha value is -0.860. The molecule has 3 heteroatoms. The van der Waals surface area contributed by atoms with E-state index in [1.54, 1.807) is 6.92 Å².